The first-order valence-electron chi connectivity index (χ1n) is 25.8. The quantitative estimate of drug-likeness (QED) is 0.0909. The Hall–Kier alpha value is -4.94. The molecule has 4 saturated heterocycles. The van der Waals surface area contributed by atoms with Crippen LogP contribution >= 0.6 is 0 Å². The van der Waals surface area contributed by atoms with E-state index in [1.807, 2.05) is 53.7 Å². The van der Waals surface area contributed by atoms with Crippen LogP contribution in [0.1, 0.15) is 119 Å². The number of aromatic hydroxyl groups is 1. The van der Waals surface area contributed by atoms with Gasteiger partial charge in [0.15, 0.2) is 11.6 Å². The molecule has 70 heavy (non-hydrogen) atoms. The second-order valence-electron chi connectivity index (χ2n) is 20.2. The Morgan fingerprint density at radius 3 is 1.71 bits per heavy atom. The van der Waals surface area contributed by atoms with Crippen LogP contribution in [0.5, 0.6) is 5.75 Å². The largest absolute Gasteiger partial charge is 0.508 e. The highest BCUT2D eigenvalue weighted by Gasteiger charge is 2.37. The van der Waals surface area contributed by atoms with E-state index in [1.165, 1.54) is 18.9 Å². The normalized spacial score (nSPS) is 22.1. The number of hydrogen-bond donors (Lipinski definition) is 7. The van der Waals surface area contributed by atoms with Gasteiger partial charge in [-0.25, -0.2) is 0 Å². The second kappa shape index (κ2) is 28.8. The zero-order valence-electron chi connectivity index (χ0n) is 42.4. The minimum atomic E-state index is -0.781. The van der Waals surface area contributed by atoms with Gasteiger partial charge in [0.05, 0.1) is 38.5 Å². The third-order valence-corrected chi connectivity index (χ3v) is 13.4. The number of ether oxygens (including phenoxy) is 3. The van der Waals surface area contributed by atoms with E-state index < -0.39 is 30.1 Å². The van der Waals surface area contributed by atoms with E-state index in [9.17, 15) is 33.9 Å². The van der Waals surface area contributed by atoms with Crippen LogP contribution in [0.4, 0.5) is 5.69 Å². The molecule has 0 spiro atoms. The number of Topliss-reactive ketones (excluding diaryl/α,β-unsaturated/α-hetero) is 2. The molecule has 0 radical (unpaired) electrons. The highest BCUT2D eigenvalue weighted by molar-refractivity contribution is 6.00. The number of hydrogen-bond acceptors (Lipinski definition) is 13. The number of amides is 4. The van der Waals surface area contributed by atoms with Gasteiger partial charge in [-0.3, -0.25) is 33.7 Å². The number of phenols is 1. The number of piperidine rings is 1. The van der Waals surface area contributed by atoms with E-state index in [1.54, 1.807) is 24.3 Å². The van der Waals surface area contributed by atoms with Crippen molar-refractivity contribution in [3.05, 3.63) is 59.2 Å². The lowest BCUT2D eigenvalue weighted by Crippen LogP contribution is -2.57. The third kappa shape index (κ3) is 17.7. The zero-order valence-corrected chi connectivity index (χ0v) is 42.4. The maximum absolute atomic E-state index is 13.2. The van der Waals surface area contributed by atoms with Crippen molar-refractivity contribution in [3.8, 4) is 5.75 Å². The Bertz CT molecular complexity index is 2000. The lowest BCUT2D eigenvalue weighted by Gasteiger charge is -2.32. The number of rotatable bonds is 21. The van der Waals surface area contributed by atoms with Crippen molar-refractivity contribution in [2.75, 3.05) is 77.7 Å². The van der Waals surface area contributed by atoms with E-state index in [-0.39, 0.29) is 71.9 Å². The van der Waals surface area contributed by atoms with E-state index in [2.05, 4.69) is 36.8 Å². The zero-order chi connectivity index (χ0) is 50.6. The van der Waals surface area contributed by atoms with Gasteiger partial charge in [-0.15, -0.1) is 0 Å². The van der Waals surface area contributed by atoms with Gasteiger partial charge >= 0.3 is 0 Å². The summed E-state index contributed by atoms with van der Waals surface area (Å²) in [5.41, 5.74) is 2.51. The number of ketones is 2. The summed E-state index contributed by atoms with van der Waals surface area (Å²) >= 11 is 0. The van der Waals surface area contributed by atoms with Crippen LogP contribution in [-0.2, 0) is 39.9 Å². The van der Waals surface area contributed by atoms with Crippen LogP contribution in [0.3, 0.4) is 0 Å². The standard InChI is InChI=1S/C27H42N4O4.C26H39N3O6/c1-4-5-21-16-35-17-24(32)25(21)31-27(34)23(14-18(2)3)30-26(33)20-6-8-22(9-7-20)29-15-19-10-12-28-13-11-19;1-4-5-19-15-35-16-23(31)24(19)28-26(33)21(12-17(2)3)27-25(32)18-6-7-22(30)20(13-18)14-29-8-10-34-11-9-29/h6-9,18-19,21,23,25,28-29H,4-5,10-17H2,1-3H3,(H,30,33)(H,31,34);6-7,13,17,19,21,24,30H,4-5,8-12,14-16H2,1-3H3,(H,27,32)(H,28,33)/t21?,23-,25?;19?,21-,24-/m00/s1. The summed E-state index contributed by atoms with van der Waals surface area (Å²) in [5.74, 6) is -0.561. The number of nitrogens with one attached hydrogen (secondary N) is 6. The predicted octanol–water partition coefficient (Wildman–Crippen LogP) is 4.61. The summed E-state index contributed by atoms with van der Waals surface area (Å²) in [5, 5.41) is 28.7. The topological polar surface area (TPSA) is 226 Å². The van der Waals surface area contributed by atoms with Gasteiger partial charge in [-0.1, -0.05) is 54.4 Å². The van der Waals surface area contributed by atoms with E-state index in [0.717, 1.165) is 64.1 Å². The summed E-state index contributed by atoms with van der Waals surface area (Å²) in [7, 11) is 0. The average Bonchev–Trinajstić information content (AvgIpc) is 3.34. The lowest BCUT2D eigenvalue weighted by atomic mass is 9.90. The molecule has 0 bridgehead atoms. The van der Waals surface area contributed by atoms with Crippen molar-refractivity contribution in [1.82, 2.24) is 31.5 Å². The van der Waals surface area contributed by atoms with Crippen LogP contribution in [0, 0.1) is 29.6 Å². The van der Waals surface area contributed by atoms with Gasteiger partial charge < -0.3 is 51.2 Å². The van der Waals surface area contributed by atoms with Gasteiger partial charge in [0.25, 0.3) is 11.8 Å². The fraction of sp³-hybridized carbons (Fsp3) is 0.660. The molecule has 17 nitrogen and oxygen atoms in total. The number of benzene rings is 2. The van der Waals surface area contributed by atoms with Gasteiger partial charge in [-0.2, -0.15) is 0 Å². The Kier molecular flexibility index (Phi) is 23.0. The highest BCUT2D eigenvalue weighted by atomic mass is 16.5. The number of nitrogens with zero attached hydrogens (tertiary/aromatic N) is 1. The predicted molar refractivity (Wildman–Crippen MR) is 268 cm³/mol. The summed E-state index contributed by atoms with van der Waals surface area (Å²) in [4.78, 5) is 79.6. The molecule has 4 heterocycles. The van der Waals surface area contributed by atoms with Crippen molar-refractivity contribution in [1.29, 1.82) is 0 Å². The monoisotopic (exact) mass is 976 g/mol. The molecule has 2 aromatic carbocycles. The molecule has 0 saturated carbocycles. The maximum atomic E-state index is 13.2. The summed E-state index contributed by atoms with van der Waals surface area (Å²) in [6, 6.07) is 9.46. The fourth-order valence-corrected chi connectivity index (χ4v) is 9.50. The molecule has 0 aliphatic carbocycles. The van der Waals surface area contributed by atoms with Crippen LogP contribution in [-0.4, -0.2) is 142 Å². The van der Waals surface area contributed by atoms with Crippen molar-refractivity contribution in [3.63, 3.8) is 0 Å². The molecular formula is C53H81N7O10. The van der Waals surface area contributed by atoms with Crippen molar-refractivity contribution >= 4 is 40.9 Å². The van der Waals surface area contributed by atoms with E-state index >= 15 is 0 Å². The summed E-state index contributed by atoms with van der Waals surface area (Å²) in [6.07, 6.45) is 6.63. The van der Waals surface area contributed by atoms with Crippen LogP contribution in [0.25, 0.3) is 0 Å². The average molecular weight is 976 g/mol. The van der Waals surface area contributed by atoms with Crippen LogP contribution < -0.4 is 31.9 Å². The number of phenolic OH excluding ortho intramolecular Hbond substituents is 1. The lowest BCUT2D eigenvalue weighted by molar-refractivity contribution is -0.138. The first-order chi connectivity index (χ1) is 33.6. The Balaban J connectivity index is 0.000000261. The van der Waals surface area contributed by atoms with Gasteiger partial charge in [0, 0.05) is 60.4 Å². The van der Waals surface area contributed by atoms with Crippen LogP contribution in [0.15, 0.2) is 42.5 Å². The first kappa shape index (κ1) is 56.0. The number of carbonyl (C=O) groups is 6. The van der Waals surface area contributed by atoms with Gasteiger partial charge in [-0.05, 0) is 112 Å². The van der Waals surface area contributed by atoms with Crippen LogP contribution in [0.2, 0.25) is 0 Å². The Morgan fingerprint density at radius 1 is 0.714 bits per heavy atom. The van der Waals surface area contributed by atoms with Crippen molar-refractivity contribution < 1.29 is 48.1 Å². The molecule has 388 valence electrons. The molecule has 4 fully saturated rings. The van der Waals surface area contributed by atoms with E-state index in [4.69, 9.17) is 14.2 Å². The molecular weight excluding hydrogens is 895 g/mol. The first-order valence-corrected chi connectivity index (χ1v) is 25.8. The van der Waals surface area contributed by atoms with Gasteiger partial charge in [0.2, 0.25) is 11.8 Å². The van der Waals surface area contributed by atoms with Crippen molar-refractivity contribution in [2.24, 2.45) is 29.6 Å². The smallest absolute Gasteiger partial charge is 0.251 e. The molecule has 3 unspecified atom stereocenters. The second-order valence-corrected chi connectivity index (χ2v) is 20.2. The molecule has 2 aromatic rings. The summed E-state index contributed by atoms with van der Waals surface area (Å²) < 4.78 is 16.1. The minimum absolute atomic E-state index is 0.00814. The maximum Gasteiger partial charge on any atom is 0.251 e. The van der Waals surface area contributed by atoms with E-state index in [0.29, 0.717) is 68.4 Å². The molecule has 7 N–H and O–H groups in total. The summed E-state index contributed by atoms with van der Waals surface area (Å²) in [6.45, 7) is 19.3. The highest BCUT2D eigenvalue weighted by Crippen LogP contribution is 2.23. The molecule has 6 atom stereocenters. The SMILES string of the molecule is CCCC1COCC(=O)C1NC(=O)[C@H](CC(C)C)NC(=O)c1ccc(NCC2CCNCC2)cc1.CCCC1COCC(=O)[C@H]1NC(=O)[C@H](CC(C)C)NC(=O)c1ccc(O)c(CN2CCOCC2)c1. The minimum Gasteiger partial charge on any atom is -0.508 e. The molecule has 4 aliphatic heterocycles. The number of morpholine rings is 1. The number of carbonyl (C=O) groups excluding carboxylic acids is 6. The molecule has 6 rings (SSSR count). The number of anilines is 1. The fourth-order valence-electron chi connectivity index (χ4n) is 9.50. The Labute approximate surface area is 415 Å². The molecule has 0 aromatic heterocycles. The van der Waals surface area contributed by atoms with Crippen molar-refractivity contribution in [2.45, 2.75) is 124 Å². The third-order valence-electron chi connectivity index (χ3n) is 13.4. The molecule has 17 heteroatoms. The molecule has 4 aliphatic rings. The molecule has 4 amide bonds. The van der Waals surface area contributed by atoms with Gasteiger partial charge in [0.1, 0.15) is 31.0 Å². The Morgan fingerprint density at radius 2 is 1.21 bits per heavy atom.